The van der Waals surface area contributed by atoms with Crippen LogP contribution < -0.4 is 0 Å². The molecule has 1 aromatic heterocycles. The molecule has 0 atom stereocenters. The summed E-state index contributed by atoms with van der Waals surface area (Å²) in [6.45, 7) is 0.954. The summed E-state index contributed by atoms with van der Waals surface area (Å²) >= 11 is 3.20. The summed E-state index contributed by atoms with van der Waals surface area (Å²) in [4.78, 5) is 0. The normalized spacial score (nSPS) is 15.2. The van der Waals surface area contributed by atoms with Gasteiger partial charge in [0.15, 0.2) is 0 Å². The fraction of sp³-hybridized carbons (Fsp3) is 0.308. The molecule has 1 saturated carbocycles. The highest BCUT2D eigenvalue weighted by atomic mass is 79.9. The van der Waals surface area contributed by atoms with E-state index in [0.717, 1.165) is 18.0 Å². The Labute approximate surface area is 108 Å². The highest BCUT2D eigenvalue weighted by molar-refractivity contribution is 9.10. The summed E-state index contributed by atoms with van der Waals surface area (Å²) < 4.78 is 16.3. The maximum atomic E-state index is 13.9. The van der Waals surface area contributed by atoms with Gasteiger partial charge in [-0.15, -0.1) is 0 Å². The first-order chi connectivity index (χ1) is 8.24. The Bertz CT molecular complexity index is 546. The lowest BCUT2D eigenvalue weighted by Gasteiger charge is -2.01. The van der Waals surface area contributed by atoms with E-state index >= 15 is 0 Å². The van der Waals surface area contributed by atoms with Crippen molar-refractivity contribution in [1.82, 2.24) is 9.78 Å². The number of benzene rings is 1. The average molecular weight is 295 g/mol. The van der Waals surface area contributed by atoms with Gasteiger partial charge in [0.1, 0.15) is 5.82 Å². The molecule has 1 heterocycles. The lowest BCUT2D eigenvalue weighted by Crippen LogP contribution is -1.99. The highest BCUT2D eigenvalue weighted by Gasteiger charge is 2.22. The molecule has 1 aliphatic carbocycles. The van der Waals surface area contributed by atoms with E-state index in [1.165, 1.54) is 12.8 Å². The second-order valence-corrected chi connectivity index (χ2v) is 5.35. The van der Waals surface area contributed by atoms with Gasteiger partial charge in [-0.3, -0.25) is 4.68 Å². The van der Waals surface area contributed by atoms with Crippen LogP contribution in [0.3, 0.4) is 0 Å². The van der Waals surface area contributed by atoms with Crippen LogP contribution in [-0.4, -0.2) is 9.78 Å². The summed E-state index contributed by atoms with van der Waals surface area (Å²) in [7, 11) is 0. The first-order valence-corrected chi connectivity index (χ1v) is 6.50. The Morgan fingerprint density at radius 3 is 3.00 bits per heavy atom. The fourth-order valence-corrected chi connectivity index (χ4v) is 2.26. The molecule has 0 amide bonds. The SMILES string of the molecule is Fc1c(Br)cccc1-c1cnn(CC2CC2)c1. The molecule has 17 heavy (non-hydrogen) atoms. The first kappa shape index (κ1) is 11.0. The predicted octanol–water partition coefficient (Wildman–Crippen LogP) is 3.86. The molecular weight excluding hydrogens is 283 g/mol. The number of rotatable bonds is 3. The van der Waals surface area contributed by atoms with E-state index in [1.807, 2.05) is 16.9 Å². The summed E-state index contributed by atoms with van der Waals surface area (Å²) in [5, 5.41) is 4.28. The lowest BCUT2D eigenvalue weighted by molar-refractivity contribution is 0.563. The van der Waals surface area contributed by atoms with Gasteiger partial charge in [0, 0.05) is 23.9 Å². The van der Waals surface area contributed by atoms with Crippen LogP contribution in [0.15, 0.2) is 35.1 Å². The smallest absolute Gasteiger partial charge is 0.145 e. The Morgan fingerprint density at radius 1 is 1.41 bits per heavy atom. The zero-order chi connectivity index (χ0) is 11.8. The van der Waals surface area contributed by atoms with Crippen LogP contribution in [0.25, 0.3) is 11.1 Å². The molecule has 3 rings (SSSR count). The third-order valence-corrected chi connectivity index (χ3v) is 3.65. The van der Waals surface area contributed by atoms with Crippen molar-refractivity contribution in [1.29, 1.82) is 0 Å². The Morgan fingerprint density at radius 2 is 2.24 bits per heavy atom. The van der Waals surface area contributed by atoms with Gasteiger partial charge in [0.05, 0.1) is 10.7 Å². The van der Waals surface area contributed by atoms with Gasteiger partial charge < -0.3 is 0 Å². The summed E-state index contributed by atoms with van der Waals surface area (Å²) in [5.41, 5.74) is 1.44. The molecule has 0 radical (unpaired) electrons. The molecular formula is C13H12BrFN2. The molecule has 1 aromatic carbocycles. The predicted molar refractivity (Wildman–Crippen MR) is 68.0 cm³/mol. The minimum absolute atomic E-state index is 0.224. The summed E-state index contributed by atoms with van der Waals surface area (Å²) in [6, 6.07) is 5.31. The topological polar surface area (TPSA) is 17.8 Å². The van der Waals surface area contributed by atoms with Crippen molar-refractivity contribution in [3.8, 4) is 11.1 Å². The van der Waals surface area contributed by atoms with Gasteiger partial charge in [-0.2, -0.15) is 5.10 Å². The molecule has 1 fully saturated rings. The number of halogens is 2. The molecule has 2 nitrogen and oxygen atoms in total. The van der Waals surface area contributed by atoms with E-state index < -0.39 is 0 Å². The Kier molecular flexibility index (Phi) is 2.74. The van der Waals surface area contributed by atoms with E-state index in [2.05, 4.69) is 21.0 Å². The second-order valence-electron chi connectivity index (χ2n) is 4.50. The number of hydrogen-bond acceptors (Lipinski definition) is 1. The van der Waals surface area contributed by atoms with E-state index in [1.54, 1.807) is 18.3 Å². The fourth-order valence-electron chi connectivity index (χ4n) is 1.89. The maximum Gasteiger partial charge on any atom is 0.145 e. The van der Waals surface area contributed by atoms with Crippen molar-refractivity contribution in [2.24, 2.45) is 5.92 Å². The van der Waals surface area contributed by atoms with Crippen LogP contribution in [0.4, 0.5) is 4.39 Å². The van der Waals surface area contributed by atoms with Gasteiger partial charge in [-0.05, 0) is 40.8 Å². The molecule has 0 bridgehead atoms. The molecule has 88 valence electrons. The van der Waals surface area contributed by atoms with E-state index in [0.29, 0.717) is 10.0 Å². The van der Waals surface area contributed by atoms with Crippen molar-refractivity contribution in [2.75, 3.05) is 0 Å². The van der Waals surface area contributed by atoms with Crippen LogP contribution >= 0.6 is 15.9 Å². The van der Waals surface area contributed by atoms with E-state index in [4.69, 9.17) is 0 Å². The monoisotopic (exact) mass is 294 g/mol. The van der Waals surface area contributed by atoms with Crippen molar-refractivity contribution in [3.05, 3.63) is 40.9 Å². The number of aromatic nitrogens is 2. The van der Waals surface area contributed by atoms with Gasteiger partial charge in [0.2, 0.25) is 0 Å². The van der Waals surface area contributed by atoms with Crippen molar-refractivity contribution in [3.63, 3.8) is 0 Å². The van der Waals surface area contributed by atoms with Gasteiger partial charge >= 0.3 is 0 Å². The molecule has 0 N–H and O–H groups in total. The second kappa shape index (κ2) is 4.26. The minimum Gasteiger partial charge on any atom is -0.272 e. The van der Waals surface area contributed by atoms with Crippen molar-refractivity contribution < 1.29 is 4.39 Å². The molecule has 4 heteroatoms. The molecule has 2 aromatic rings. The van der Waals surface area contributed by atoms with Gasteiger partial charge in [0.25, 0.3) is 0 Å². The van der Waals surface area contributed by atoms with Crippen LogP contribution in [-0.2, 0) is 6.54 Å². The molecule has 0 unspecified atom stereocenters. The Hall–Kier alpha value is -1.16. The summed E-state index contributed by atoms with van der Waals surface area (Å²) in [6.07, 6.45) is 6.23. The minimum atomic E-state index is -0.224. The number of hydrogen-bond donors (Lipinski definition) is 0. The third-order valence-electron chi connectivity index (χ3n) is 3.04. The van der Waals surface area contributed by atoms with E-state index in [-0.39, 0.29) is 5.82 Å². The van der Waals surface area contributed by atoms with Crippen LogP contribution in [0, 0.1) is 11.7 Å². The van der Waals surface area contributed by atoms with Crippen molar-refractivity contribution in [2.45, 2.75) is 19.4 Å². The molecule has 1 aliphatic rings. The lowest BCUT2D eigenvalue weighted by atomic mass is 10.1. The summed E-state index contributed by atoms with van der Waals surface area (Å²) in [5.74, 6) is 0.550. The zero-order valence-corrected chi connectivity index (χ0v) is 10.8. The highest BCUT2D eigenvalue weighted by Crippen LogP contribution is 2.31. The average Bonchev–Trinajstić information content (AvgIpc) is 3.00. The molecule has 0 spiro atoms. The van der Waals surface area contributed by atoms with E-state index in [9.17, 15) is 4.39 Å². The molecule has 0 aliphatic heterocycles. The third kappa shape index (κ3) is 2.27. The van der Waals surface area contributed by atoms with Crippen molar-refractivity contribution >= 4 is 15.9 Å². The first-order valence-electron chi connectivity index (χ1n) is 5.71. The Balaban J connectivity index is 1.91. The van der Waals surface area contributed by atoms with Gasteiger partial charge in [-0.25, -0.2) is 4.39 Å². The molecule has 0 saturated heterocycles. The maximum absolute atomic E-state index is 13.9. The van der Waals surface area contributed by atoms with Crippen LogP contribution in [0.2, 0.25) is 0 Å². The van der Waals surface area contributed by atoms with Crippen LogP contribution in [0.1, 0.15) is 12.8 Å². The van der Waals surface area contributed by atoms with Crippen LogP contribution in [0.5, 0.6) is 0 Å². The number of nitrogens with zero attached hydrogens (tertiary/aromatic N) is 2. The standard InChI is InChI=1S/C13H12BrFN2/c14-12-3-1-2-11(13(12)15)10-6-16-17(8-10)7-9-4-5-9/h1-3,6,8-9H,4-5,7H2. The largest absolute Gasteiger partial charge is 0.272 e. The quantitative estimate of drug-likeness (QED) is 0.840. The van der Waals surface area contributed by atoms with Gasteiger partial charge in [-0.1, -0.05) is 12.1 Å². The zero-order valence-electron chi connectivity index (χ0n) is 9.24.